The predicted octanol–water partition coefficient (Wildman–Crippen LogP) is 9.81. The summed E-state index contributed by atoms with van der Waals surface area (Å²) in [6.45, 7) is -11.4. The molecule has 6 aromatic carbocycles. The second-order valence-corrected chi connectivity index (χ2v) is 25.4. The third kappa shape index (κ3) is 18.3. The van der Waals surface area contributed by atoms with Gasteiger partial charge in [0.25, 0.3) is 0 Å². The van der Waals surface area contributed by atoms with Gasteiger partial charge in [0.2, 0.25) is 11.8 Å². The zero-order valence-electron chi connectivity index (χ0n) is 60.1. The summed E-state index contributed by atoms with van der Waals surface area (Å²) in [5.41, 5.74) is 3.66. The van der Waals surface area contributed by atoms with E-state index in [-0.39, 0.29) is 69.9 Å². The Balaban J connectivity index is 0.000000684. The molecule has 0 aliphatic carbocycles. The lowest BCUT2D eigenvalue weighted by molar-refractivity contribution is -0.940. The average Bonchev–Trinajstić information content (AvgIpc) is 0.738. The number of fused-ring (bicyclic) bond motifs is 2. The minimum atomic E-state index is -6.18. The number of likely N-dealkylation sites (N-methyl/N-ethyl adjacent to an activating group) is 2. The Hall–Kier alpha value is -8.02. The first-order valence-electron chi connectivity index (χ1n) is 32.4. The first kappa shape index (κ1) is 67.0. The van der Waals surface area contributed by atoms with E-state index in [9.17, 15) is 35.5 Å². The molecule has 0 spiro atoms. The maximum Gasteiger partial charge on any atom is 0.375 e. The van der Waals surface area contributed by atoms with Gasteiger partial charge in [-0.25, -0.2) is 16.8 Å². The molecule has 2 aliphatic heterocycles. The number of nitrogens with zero attached hydrogens (tertiary/aromatic N) is 4. The van der Waals surface area contributed by atoms with Crippen LogP contribution in [0.25, 0.3) is 0 Å². The molecule has 0 bridgehead atoms. The van der Waals surface area contributed by atoms with Crippen LogP contribution >= 0.6 is 0 Å². The van der Waals surface area contributed by atoms with Gasteiger partial charge in [0.15, 0.2) is 46.0 Å². The van der Waals surface area contributed by atoms with E-state index in [4.69, 9.17) is 46.1 Å². The number of quaternary nitrogens is 2. The number of carbonyl (C=O) groups is 2. The predicted molar refractivity (Wildman–Crippen MR) is 338 cm³/mol. The highest BCUT2D eigenvalue weighted by Gasteiger charge is 2.72. The van der Waals surface area contributed by atoms with E-state index < -0.39 is 124 Å². The minimum absolute atomic E-state index is 0.0301. The topological polar surface area (TPSA) is 229 Å². The Kier molecular flexibility index (Phi) is 22.3. The van der Waals surface area contributed by atoms with Gasteiger partial charge in [-0.05, 0) is 95.1 Å². The number of ether oxygens (including phenoxy) is 8. The molecule has 4 atom stereocenters. The SMILES string of the molecule is O=S(=O)([O-])c1ccccc1.O=S(=O)([O-])c1ccccc1.[2H]C([2H])([2H])[N+]1(CCC(=O)N(C)CC(F)(F)C(F)(F)C(F)(F)CN(C)C(=O)CC[N+]2(C([2H])([2H])[2H])CCc3cc(OC)c(OC)cc3C2Cc2ccc(OC)c(OC)c2)CCc2cc(OC)c(OC)cc2C1Cc1ccc(OC)c(OC)c1. The van der Waals surface area contributed by atoms with Crippen molar-refractivity contribution in [2.24, 2.45) is 0 Å². The summed E-state index contributed by atoms with van der Waals surface area (Å²) >= 11 is 0. The van der Waals surface area contributed by atoms with E-state index in [0.717, 1.165) is 14.1 Å². The molecule has 2 amide bonds. The van der Waals surface area contributed by atoms with E-state index >= 15 is 26.3 Å². The van der Waals surface area contributed by atoms with Crippen molar-refractivity contribution in [3.05, 3.63) is 155 Å². The lowest BCUT2D eigenvalue weighted by Crippen LogP contribution is -2.62. The second-order valence-electron chi connectivity index (χ2n) is 22.6. The molecule has 2 heterocycles. The molecule has 2 aliphatic rings. The van der Waals surface area contributed by atoms with Crippen molar-refractivity contribution < 1.29 is 117 Å². The fourth-order valence-corrected chi connectivity index (χ4v) is 12.3. The van der Waals surface area contributed by atoms with Crippen LogP contribution in [0.5, 0.6) is 46.0 Å². The molecule has 8 rings (SSSR count). The Morgan fingerprint density at radius 1 is 0.484 bits per heavy atom. The monoisotopic (exact) mass is 1380 g/mol. The molecule has 28 heteroatoms. The van der Waals surface area contributed by atoms with Crippen molar-refractivity contribution in [1.82, 2.24) is 9.80 Å². The third-order valence-electron chi connectivity index (χ3n) is 16.7. The second kappa shape index (κ2) is 31.7. The molecule has 95 heavy (non-hydrogen) atoms. The number of carbonyl (C=O) groups excluding carboxylic acids is 2. The maximum atomic E-state index is 15.9. The van der Waals surface area contributed by atoms with Crippen LogP contribution in [-0.2, 0) is 55.5 Å². The van der Waals surface area contributed by atoms with Crippen molar-refractivity contribution in [3.63, 3.8) is 0 Å². The molecule has 0 saturated carbocycles. The Morgan fingerprint density at radius 2 is 0.789 bits per heavy atom. The molecule has 4 unspecified atom stereocenters. The molecule has 0 aromatic heterocycles. The lowest BCUT2D eigenvalue weighted by Gasteiger charge is -2.46. The molecular weight excluding hydrogens is 1290 g/mol. The number of alkyl halides is 6. The number of amides is 2. The van der Waals surface area contributed by atoms with Gasteiger partial charge in [-0.2, -0.15) is 26.3 Å². The van der Waals surface area contributed by atoms with Crippen LogP contribution in [0.15, 0.2) is 131 Å². The Morgan fingerprint density at radius 3 is 1.07 bits per heavy atom. The molecule has 0 N–H and O–H groups in total. The van der Waals surface area contributed by atoms with Crippen molar-refractivity contribution in [3.8, 4) is 46.0 Å². The summed E-state index contributed by atoms with van der Waals surface area (Å²) in [6, 6.07) is 29.2. The van der Waals surface area contributed by atoms with Crippen LogP contribution in [0.3, 0.4) is 0 Å². The standard InChI is InChI=1S/C55H72F6N4O10.2C6H6O3S/c1-62(51(66)19-23-64(3)21-17-37-29-47(72-9)49(74-11)31-39(37)41(64)25-35-13-15-43(68-5)45(27-35)70-7)33-53(56,57)55(60,61)54(58,59)34-63(2)52(67)20-24-65(4)22-18-38-30-48(73-10)50(75-12)32-40(38)42(65)26-36-14-16-44(69-6)46(28-36)71-8;2*7-10(8,9)6-4-2-1-3-5-6/h13-16,27-32,41-42H,17-26,33-34H2,1-12H3;2*1-5H,(H,7,8,9)/q+2;;/p-2/i3D3,4D3;;. The fourth-order valence-electron chi connectivity index (χ4n) is 11.4. The van der Waals surface area contributed by atoms with Crippen LogP contribution in [-0.4, -0.2) is 198 Å². The highest BCUT2D eigenvalue weighted by atomic mass is 32.2. The molecule has 0 fully saturated rings. The van der Waals surface area contributed by atoms with Crippen LogP contribution in [0, 0.1) is 0 Å². The van der Waals surface area contributed by atoms with E-state index in [1.54, 1.807) is 72.8 Å². The third-order valence-corrected chi connectivity index (χ3v) is 18.4. The minimum Gasteiger partial charge on any atom is -0.744 e. The summed E-state index contributed by atoms with van der Waals surface area (Å²) < 4.78 is 253. The number of benzene rings is 6. The first-order valence-corrected chi connectivity index (χ1v) is 32.2. The Bertz CT molecular complexity index is 3820. The van der Waals surface area contributed by atoms with Gasteiger partial charge in [-0.15, -0.1) is 0 Å². The number of methoxy groups -OCH3 is 8. The average molecular weight is 1380 g/mol. The van der Waals surface area contributed by atoms with Gasteiger partial charge in [-0.1, -0.05) is 48.5 Å². The highest BCUT2D eigenvalue weighted by Crippen LogP contribution is 2.48. The van der Waals surface area contributed by atoms with E-state index in [2.05, 4.69) is 0 Å². The molecule has 0 saturated heterocycles. The lowest BCUT2D eigenvalue weighted by atomic mass is 9.86. The molecule has 0 radical (unpaired) electrons. The summed E-state index contributed by atoms with van der Waals surface area (Å²) in [5.74, 6) is -17.1. The number of hydrogen-bond acceptors (Lipinski definition) is 16. The number of rotatable bonds is 26. The van der Waals surface area contributed by atoms with Crippen molar-refractivity contribution in [1.29, 1.82) is 0 Å². The zero-order chi connectivity index (χ0) is 75.5. The van der Waals surface area contributed by atoms with E-state index in [0.29, 0.717) is 67.9 Å². The zero-order valence-corrected chi connectivity index (χ0v) is 55.7. The summed E-state index contributed by atoms with van der Waals surface area (Å²) in [5, 5.41) is 0. The summed E-state index contributed by atoms with van der Waals surface area (Å²) in [4.78, 5) is 27.6. The fraction of sp³-hybridized carbons (Fsp3) is 0.433. The van der Waals surface area contributed by atoms with E-state index in [1.165, 1.54) is 105 Å². The van der Waals surface area contributed by atoms with Crippen molar-refractivity contribution in [2.75, 3.05) is 124 Å². The van der Waals surface area contributed by atoms with Gasteiger partial charge in [0.1, 0.15) is 32.3 Å². The van der Waals surface area contributed by atoms with Crippen LogP contribution in [0.2, 0.25) is 0 Å². The van der Waals surface area contributed by atoms with Gasteiger partial charge >= 0.3 is 17.8 Å². The van der Waals surface area contributed by atoms with Gasteiger partial charge in [0.05, 0.1) is 141 Å². The molecule has 20 nitrogen and oxygen atoms in total. The smallest absolute Gasteiger partial charge is 0.375 e. The summed E-state index contributed by atoms with van der Waals surface area (Å²) in [7, 11) is 4.34. The van der Waals surface area contributed by atoms with Gasteiger partial charge in [0, 0.05) is 50.9 Å². The highest BCUT2D eigenvalue weighted by molar-refractivity contribution is 7.86. The van der Waals surface area contributed by atoms with Crippen LogP contribution in [0.1, 0.15) is 66.5 Å². The van der Waals surface area contributed by atoms with Crippen LogP contribution < -0.4 is 37.9 Å². The summed E-state index contributed by atoms with van der Waals surface area (Å²) in [6.07, 6.45) is -1.21. The Labute approximate surface area is 559 Å². The van der Waals surface area contributed by atoms with Gasteiger partial charge in [-0.3, -0.25) is 9.59 Å². The normalized spacial score (nSPS) is 19.0. The molecular formula is C67H82F6N4O16S2. The van der Waals surface area contributed by atoms with Crippen molar-refractivity contribution >= 4 is 32.1 Å². The largest absolute Gasteiger partial charge is 0.744 e. The first-order chi connectivity index (χ1) is 47.1. The maximum absolute atomic E-state index is 15.9. The number of halogens is 6. The van der Waals surface area contributed by atoms with Crippen LogP contribution in [0.4, 0.5) is 26.3 Å². The molecule has 520 valence electrons. The molecule has 6 aromatic rings. The quantitative estimate of drug-likeness (QED) is 0.0279. The van der Waals surface area contributed by atoms with Gasteiger partial charge < -0.3 is 65.8 Å². The number of hydrogen-bond donors (Lipinski definition) is 0. The van der Waals surface area contributed by atoms with E-state index in [1.807, 2.05) is 0 Å². The van der Waals surface area contributed by atoms with Crippen molar-refractivity contribution in [2.45, 2.75) is 78.2 Å².